The number of para-hydroxylation sites is 2. The van der Waals surface area contributed by atoms with Gasteiger partial charge in [-0.25, -0.2) is 4.98 Å². The molecule has 184 valence electrons. The van der Waals surface area contributed by atoms with Gasteiger partial charge in [0.2, 0.25) is 11.8 Å². The SMILES string of the molecule is CC1c2nc3ccccc3n2C(CC(=O)NCCCN2CCOCC2)C(=O)N1Cc1ccccc1. The van der Waals surface area contributed by atoms with Gasteiger partial charge in [-0.05, 0) is 37.6 Å². The van der Waals surface area contributed by atoms with Crippen molar-refractivity contribution in [3.63, 3.8) is 0 Å². The van der Waals surface area contributed by atoms with Crippen molar-refractivity contribution in [3.05, 3.63) is 66.0 Å². The van der Waals surface area contributed by atoms with Crippen molar-refractivity contribution in [3.8, 4) is 0 Å². The smallest absolute Gasteiger partial charge is 0.247 e. The van der Waals surface area contributed by atoms with Crippen molar-refractivity contribution in [1.82, 2.24) is 24.7 Å². The number of nitrogens with zero attached hydrogens (tertiary/aromatic N) is 4. The summed E-state index contributed by atoms with van der Waals surface area (Å²) < 4.78 is 7.37. The number of fused-ring (bicyclic) bond motifs is 3. The Morgan fingerprint density at radius 3 is 2.63 bits per heavy atom. The molecule has 0 aliphatic carbocycles. The Morgan fingerprint density at radius 1 is 1.09 bits per heavy atom. The first-order valence-electron chi connectivity index (χ1n) is 12.5. The quantitative estimate of drug-likeness (QED) is 0.507. The third-order valence-electron chi connectivity index (χ3n) is 7.00. The summed E-state index contributed by atoms with van der Waals surface area (Å²) in [5, 5.41) is 3.04. The van der Waals surface area contributed by atoms with Gasteiger partial charge in [0.15, 0.2) is 0 Å². The fourth-order valence-corrected chi connectivity index (χ4v) is 5.09. The van der Waals surface area contributed by atoms with E-state index in [1.54, 1.807) is 0 Å². The highest BCUT2D eigenvalue weighted by Crippen LogP contribution is 2.37. The van der Waals surface area contributed by atoms with Crippen molar-refractivity contribution in [2.45, 2.75) is 38.4 Å². The zero-order valence-corrected chi connectivity index (χ0v) is 20.2. The second-order valence-corrected chi connectivity index (χ2v) is 9.33. The van der Waals surface area contributed by atoms with Crippen LogP contribution in [-0.2, 0) is 20.9 Å². The molecule has 8 heteroatoms. The Morgan fingerprint density at radius 2 is 1.83 bits per heavy atom. The van der Waals surface area contributed by atoms with E-state index < -0.39 is 6.04 Å². The van der Waals surface area contributed by atoms with Crippen LogP contribution in [-0.4, -0.2) is 70.6 Å². The van der Waals surface area contributed by atoms with Gasteiger partial charge in [0.25, 0.3) is 0 Å². The van der Waals surface area contributed by atoms with E-state index in [-0.39, 0.29) is 24.3 Å². The Hall–Kier alpha value is -3.23. The van der Waals surface area contributed by atoms with E-state index in [4.69, 9.17) is 9.72 Å². The first-order chi connectivity index (χ1) is 17.1. The number of nitrogens with one attached hydrogen (secondary N) is 1. The molecule has 0 bridgehead atoms. The standard InChI is InChI=1S/C27H33N5O3/c1-20-26-29-22-10-5-6-11-23(22)32(26)24(27(34)31(20)19-21-8-3-2-4-9-21)18-25(33)28-12-7-13-30-14-16-35-17-15-30/h2-6,8-11,20,24H,7,12-19H2,1H3,(H,28,33). The minimum Gasteiger partial charge on any atom is -0.379 e. The summed E-state index contributed by atoms with van der Waals surface area (Å²) in [5.74, 6) is 0.676. The van der Waals surface area contributed by atoms with Gasteiger partial charge >= 0.3 is 0 Å². The van der Waals surface area contributed by atoms with Gasteiger partial charge in [0.05, 0.1) is 36.7 Å². The molecule has 0 spiro atoms. The molecule has 1 fully saturated rings. The number of hydrogen-bond acceptors (Lipinski definition) is 5. The molecule has 2 atom stereocenters. The summed E-state index contributed by atoms with van der Waals surface area (Å²) >= 11 is 0. The summed E-state index contributed by atoms with van der Waals surface area (Å²) in [5.41, 5.74) is 2.80. The number of morpholine rings is 1. The van der Waals surface area contributed by atoms with Crippen LogP contribution in [0.1, 0.15) is 43.2 Å². The van der Waals surface area contributed by atoms with Crippen molar-refractivity contribution in [2.75, 3.05) is 39.4 Å². The number of carbonyl (C=O) groups is 2. The molecule has 0 radical (unpaired) electrons. The minimum absolute atomic E-state index is 0.0412. The van der Waals surface area contributed by atoms with Crippen LogP contribution in [0.5, 0.6) is 0 Å². The second kappa shape index (κ2) is 10.6. The Kier molecular flexibility index (Phi) is 7.11. The van der Waals surface area contributed by atoms with Crippen LogP contribution < -0.4 is 5.32 Å². The van der Waals surface area contributed by atoms with Crippen LogP contribution in [0, 0.1) is 0 Å². The minimum atomic E-state index is -0.614. The highest BCUT2D eigenvalue weighted by Gasteiger charge is 2.40. The fraction of sp³-hybridized carbons (Fsp3) is 0.444. The molecule has 35 heavy (non-hydrogen) atoms. The monoisotopic (exact) mass is 475 g/mol. The molecule has 2 aliphatic heterocycles. The van der Waals surface area contributed by atoms with E-state index in [2.05, 4.69) is 10.2 Å². The maximum absolute atomic E-state index is 13.8. The lowest BCUT2D eigenvalue weighted by molar-refractivity contribution is -0.142. The van der Waals surface area contributed by atoms with Crippen LogP contribution in [0.3, 0.4) is 0 Å². The molecule has 0 saturated carbocycles. The summed E-state index contributed by atoms with van der Waals surface area (Å²) in [7, 11) is 0. The number of benzene rings is 2. The number of aromatic nitrogens is 2. The molecule has 1 N–H and O–H groups in total. The molecule has 2 amide bonds. The molecule has 1 aromatic heterocycles. The predicted molar refractivity (Wildman–Crippen MR) is 134 cm³/mol. The molecular formula is C27H33N5O3. The summed E-state index contributed by atoms with van der Waals surface area (Å²) in [6, 6.07) is 17.0. The number of imidazole rings is 1. The largest absolute Gasteiger partial charge is 0.379 e. The van der Waals surface area contributed by atoms with Gasteiger partial charge in [0.1, 0.15) is 11.9 Å². The van der Waals surface area contributed by atoms with Crippen molar-refractivity contribution in [2.24, 2.45) is 0 Å². The topological polar surface area (TPSA) is 79.7 Å². The van der Waals surface area contributed by atoms with E-state index >= 15 is 0 Å². The van der Waals surface area contributed by atoms with Crippen molar-refractivity contribution < 1.29 is 14.3 Å². The Balaban J connectivity index is 1.32. The number of amides is 2. The van der Waals surface area contributed by atoms with Gasteiger partial charge in [0, 0.05) is 26.2 Å². The van der Waals surface area contributed by atoms with Gasteiger partial charge in [-0.2, -0.15) is 0 Å². The molecule has 3 heterocycles. The maximum atomic E-state index is 13.8. The van der Waals surface area contributed by atoms with E-state index in [9.17, 15) is 9.59 Å². The zero-order chi connectivity index (χ0) is 24.2. The van der Waals surface area contributed by atoms with Gasteiger partial charge in [-0.3, -0.25) is 14.5 Å². The molecule has 2 aliphatic rings. The lowest BCUT2D eigenvalue weighted by atomic mass is 10.0. The molecule has 3 aromatic rings. The molecular weight excluding hydrogens is 442 g/mol. The van der Waals surface area contributed by atoms with Crippen LogP contribution >= 0.6 is 0 Å². The normalized spacial score (nSPS) is 20.7. The predicted octanol–water partition coefficient (Wildman–Crippen LogP) is 2.91. The summed E-state index contributed by atoms with van der Waals surface area (Å²) in [6.45, 7) is 7.46. The van der Waals surface area contributed by atoms with Crippen LogP contribution in [0.15, 0.2) is 54.6 Å². The summed E-state index contributed by atoms with van der Waals surface area (Å²) in [4.78, 5) is 35.8. The van der Waals surface area contributed by atoms with Crippen molar-refractivity contribution in [1.29, 1.82) is 0 Å². The lowest BCUT2D eigenvalue weighted by Gasteiger charge is -2.38. The van der Waals surface area contributed by atoms with Gasteiger partial charge in [-0.1, -0.05) is 42.5 Å². The van der Waals surface area contributed by atoms with E-state index in [1.165, 1.54) is 0 Å². The first kappa shape index (κ1) is 23.5. The molecule has 5 rings (SSSR count). The van der Waals surface area contributed by atoms with E-state index in [0.29, 0.717) is 13.1 Å². The average Bonchev–Trinajstić information content (AvgIpc) is 3.28. The van der Waals surface area contributed by atoms with Gasteiger partial charge < -0.3 is 19.5 Å². The Bertz CT molecular complexity index is 1170. The maximum Gasteiger partial charge on any atom is 0.247 e. The van der Waals surface area contributed by atoms with Crippen LogP contribution in [0.2, 0.25) is 0 Å². The van der Waals surface area contributed by atoms with Crippen molar-refractivity contribution >= 4 is 22.8 Å². The lowest BCUT2D eigenvalue weighted by Crippen LogP contribution is -2.46. The van der Waals surface area contributed by atoms with E-state index in [1.807, 2.05) is 71.0 Å². The molecule has 2 aromatic carbocycles. The molecule has 2 unspecified atom stereocenters. The molecule has 8 nitrogen and oxygen atoms in total. The third kappa shape index (κ3) is 5.09. The highest BCUT2D eigenvalue weighted by molar-refractivity contribution is 5.90. The Labute approximate surface area is 205 Å². The zero-order valence-electron chi connectivity index (χ0n) is 20.2. The molecule has 1 saturated heterocycles. The van der Waals surface area contributed by atoms with Crippen LogP contribution in [0.25, 0.3) is 11.0 Å². The number of hydrogen-bond donors (Lipinski definition) is 1. The average molecular weight is 476 g/mol. The third-order valence-corrected chi connectivity index (χ3v) is 7.00. The number of rotatable bonds is 8. The van der Waals surface area contributed by atoms with E-state index in [0.717, 1.165) is 61.7 Å². The highest BCUT2D eigenvalue weighted by atomic mass is 16.5. The van der Waals surface area contributed by atoms with Crippen LogP contribution in [0.4, 0.5) is 0 Å². The number of carbonyl (C=O) groups excluding carboxylic acids is 2. The fourth-order valence-electron chi connectivity index (χ4n) is 5.09. The summed E-state index contributed by atoms with van der Waals surface area (Å²) in [6.07, 6.45) is 0.975. The first-order valence-corrected chi connectivity index (χ1v) is 12.5. The second-order valence-electron chi connectivity index (χ2n) is 9.33. The van der Waals surface area contributed by atoms with Gasteiger partial charge in [-0.15, -0.1) is 0 Å². The number of ether oxygens (including phenoxy) is 1.